The molecule has 146 valence electrons. The van der Waals surface area contributed by atoms with Gasteiger partial charge in [0.2, 0.25) is 0 Å². The third-order valence-corrected chi connectivity index (χ3v) is 5.01. The molecule has 2 N–H and O–H groups in total. The van der Waals surface area contributed by atoms with E-state index in [4.69, 9.17) is 4.74 Å². The number of guanidine groups is 1. The van der Waals surface area contributed by atoms with E-state index < -0.39 is 0 Å². The standard InChI is InChI=1S/C21H26FN3O.HI/c1-23-20(24-15-17-6-3-2-4-7-17)25-16-21(10-12-26-13-11-21)18-8-5-9-19(22)14-18;/h2-9,14H,10-13,15-16H2,1H3,(H2,23,24,25);1H. The van der Waals surface area contributed by atoms with E-state index in [0.29, 0.717) is 26.3 Å². The summed E-state index contributed by atoms with van der Waals surface area (Å²) in [6.07, 6.45) is 1.72. The minimum atomic E-state index is -0.194. The van der Waals surface area contributed by atoms with E-state index in [1.165, 1.54) is 11.6 Å². The summed E-state index contributed by atoms with van der Waals surface area (Å²) < 4.78 is 19.3. The second-order valence-electron chi connectivity index (χ2n) is 6.67. The van der Waals surface area contributed by atoms with Crippen LogP contribution in [-0.4, -0.2) is 32.8 Å². The van der Waals surface area contributed by atoms with Gasteiger partial charge in [-0.05, 0) is 36.1 Å². The van der Waals surface area contributed by atoms with Gasteiger partial charge in [-0.1, -0.05) is 42.5 Å². The lowest BCUT2D eigenvalue weighted by Crippen LogP contribution is -2.48. The third kappa shape index (κ3) is 5.90. The van der Waals surface area contributed by atoms with Crippen LogP contribution in [0.2, 0.25) is 0 Å². The number of aliphatic imine (C=N–C) groups is 1. The van der Waals surface area contributed by atoms with Gasteiger partial charge in [-0.25, -0.2) is 4.39 Å². The predicted molar refractivity (Wildman–Crippen MR) is 118 cm³/mol. The molecule has 6 heteroatoms. The number of rotatable bonds is 5. The number of nitrogens with zero attached hydrogens (tertiary/aromatic N) is 1. The zero-order chi connectivity index (χ0) is 18.2. The van der Waals surface area contributed by atoms with Crippen LogP contribution in [0.5, 0.6) is 0 Å². The molecule has 1 saturated heterocycles. The molecule has 0 unspecified atom stereocenters. The van der Waals surface area contributed by atoms with Crippen molar-refractivity contribution < 1.29 is 9.13 Å². The molecule has 0 amide bonds. The highest BCUT2D eigenvalue weighted by atomic mass is 127. The largest absolute Gasteiger partial charge is 0.381 e. The molecule has 2 aromatic carbocycles. The van der Waals surface area contributed by atoms with Crippen molar-refractivity contribution in [3.63, 3.8) is 0 Å². The Hall–Kier alpha value is -1.67. The molecule has 4 nitrogen and oxygen atoms in total. The lowest BCUT2D eigenvalue weighted by molar-refractivity contribution is 0.0513. The van der Waals surface area contributed by atoms with Crippen molar-refractivity contribution in [3.05, 3.63) is 71.5 Å². The highest BCUT2D eigenvalue weighted by Gasteiger charge is 2.34. The average Bonchev–Trinajstić information content (AvgIpc) is 2.69. The van der Waals surface area contributed by atoms with E-state index in [0.717, 1.165) is 24.4 Å². The normalized spacial score (nSPS) is 16.3. The topological polar surface area (TPSA) is 45.7 Å². The van der Waals surface area contributed by atoms with Gasteiger partial charge < -0.3 is 15.4 Å². The number of halogens is 2. The molecule has 0 bridgehead atoms. The smallest absolute Gasteiger partial charge is 0.191 e. The van der Waals surface area contributed by atoms with Gasteiger partial charge in [0.1, 0.15) is 5.82 Å². The molecule has 0 spiro atoms. The van der Waals surface area contributed by atoms with E-state index in [9.17, 15) is 4.39 Å². The Kier molecular flexibility index (Phi) is 8.50. The molecule has 0 radical (unpaired) electrons. The Morgan fingerprint density at radius 1 is 1.07 bits per heavy atom. The highest BCUT2D eigenvalue weighted by molar-refractivity contribution is 14.0. The fourth-order valence-corrected chi connectivity index (χ4v) is 3.40. The maximum atomic E-state index is 13.8. The number of hydrogen-bond acceptors (Lipinski definition) is 2. The molecular weight excluding hydrogens is 456 g/mol. The van der Waals surface area contributed by atoms with Crippen molar-refractivity contribution in [1.82, 2.24) is 10.6 Å². The molecule has 1 aliphatic rings. The predicted octanol–water partition coefficient (Wildman–Crippen LogP) is 3.86. The van der Waals surface area contributed by atoms with Crippen LogP contribution in [0.1, 0.15) is 24.0 Å². The molecule has 0 saturated carbocycles. The molecule has 1 heterocycles. The Balaban J connectivity index is 0.00000261. The number of benzene rings is 2. The van der Waals surface area contributed by atoms with Crippen LogP contribution in [0.4, 0.5) is 4.39 Å². The van der Waals surface area contributed by atoms with Crippen LogP contribution in [0.3, 0.4) is 0 Å². The molecule has 1 fully saturated rings. The van der Waals surface area contributed by atoms with Crippen molar-refractivity contribution in [2.45, 2.75) is 24.8 Å². The average molecular weight is 483 g/mol. The maximum absolute atomic E-state index is 13.8. The van der Waals surface area contributed by atoms with Crippen molar-refractivity contribution >= 4 is 29.9 Å². The Morgan fingerprint density at radius 2 is 1.81 bits per heavy atom. The Bertz CT molecular complexity index is 733. The molecule has 0 aromatic heterocycles. The second-order valence-corrected chi connectivity index (χ2v) is 6.67. The molecule has 2 aromatic rings. The van der Waals surface area contributed by atoms with Crippen molar-refractivity contribution in [1.29, 1.82) is 0 Å². The van der Waals surface area contributed by atoms with Gasteiger partial charge in [0.05, 0.1) is 0 Å². The van der Waals surface area contributed by atoms with E-state index in [-0.39, 0.29) is 35.2 Å². The van der Waals surface area contributed by atoms with Crippen LogP contribution in [0, 0.1) is 5.82 Å². The van der Waals surface area contributed by atoms with Crippen LogP contribution >= 0.6 is 24.0 Å². The molecule has 3 rings (SSSR count). The summed E-state index contributed by atoms with van der Waals surface area (Å²) in [5.74, 6) is 0.552. The monoisotopic (exact) mass is 483 g/mol. The summed E-state index contributed by atoms with van der Waals surface area (Å²) in [6, 6.07) is 17.1. The third-order valence-electron chi connectivity index (χ3n) is 5.01. The maximum Gasteiger partial charge on any atom is 0.191 e. The zero-order valence-corrected chi connectivity index (χ0v) is 17.9. The zero-order valence-electron chi connectivity index (χ0n) is 15.6. The first-order valence-corrected chi connectivity index (χ1v) is 9.04. The van der Waals surface area contributed by atoms with Gasteiger partial charge in [0, 0.05) is 38.8 Å². The summed E-state index contributed by atoms with van der Waals surface area (Å²) in [5, 5.41) is 6.77. The lowest BCUT2D eigenvalue weighted by atomic mass is 9.74. The van der Waals surface area contributed by atoms with Crippen LogP contribution < -0.4 is 10.6 Å². The van der Waals surface area contributed by atoms with Gasteiger partial charge in [-0.3, -0.25) is 4.99 Å². The fourth-order valence-electron chi connectivity index (χ4n) is 3.40. The quantitative estimate of drug-likeness (QED) is 0.386. The van der Waals surface area contributed by atoms with Crippen LogP contribution in [0.15, 0.2) is 59.6 Å². The molecule has 0 aliphatic carbocycles. The van der Waals surface area contributed by atoms with E-state index in [1.807, 2.05) is 24.3 Å². The first kappa shape index (κ1) is 21.6. The van der Waals surface area contributed by atoms with Gasteiger partial charge in [0.25, 0.3) is 0 Å². The number of hydrogen-bond donors (Lipinski definition) is 2. The van der Waals surface area contributed by atoms with Crippen molar-refractivity contribution in [2.75, 3.05) is 26.8 Å². The minimum absolute atomic E-state index is 0. The molecular formula is C21H27FIN3O. The van der Waals surface area contributed by atoms with Gasteiger partial charge >= 0.3 is 0 Å². The summed E-state index contributed by atoms with van der Waals surface area (Å²) in [4.78, 5) is 4.32. The van der Waals surface area contributed by atoms with Crippen molar-refractivity contribution in [2.24, 2.45) is 4.99 Å². The fraction of sp³-hybridized carbons (Fsp3) is 0.381. The first-order valence-electron chi connectivity index (χ1n) is 9.04. The Labute approximate surface area is 177 Å². The van der Waals surface area contributed by atoms with E-state index in [1.54, 1.807) is 19.2 Å². The van der Waals surface area contributed by atoms with Crippen LogP contribution in [-0.2, 0) is 16.7 Å². The minimum Gasteiger partial charge on any atom is -0.381 e. The van der Waals surface area contributed by atoms with E-state index in [2.05, 4.69) is 27.8 Å². The first-order chi connectivity index (χ1) is 12.7. The number of ether oxygens (including phenoxy) is 1. The summed E-state index contributed by atoms with van der Waals surface area (Å²) in [5.41, 5.74) is 2.07. The molecule has 0 atom stereocenters. The highest BCUT2D eigenvalue weighted by Crippen LogP contribution is 2.34. The van der Waals surface area contributed by atoms with Crippen molar-refractivity contribution in [3.8, 4) is 0 Å². The molecule has 27 heavy (non-hydrogen) atoms. The number of nitrogens with one attached hydrogen (secondary N) is 2. The Morgan fingerprint density at radius 3 is 2.48 bits per heavy atom. The molecule has 1 aliphatic heterocycles. The van der Waals surface area contributed by atoms with Gasteiger partial charge in [-0.15, -0.1) is 24.0 Å². The lowest BCUT2D eigenvalue weighted by Gasteiger charge is -2.38. The van der Waals surface area contributed by atoms with Gasteiger partial charge in [-0.2, -0.15) is 0 Å². The second kappa shape index (κ2) is 10.6. The summed E-state index contributed by atoms with van der Waals surface area (Å²) in [6.45, 7) is 2.77. The SMILES string of the molecule is CN=C(NCc1ccccc1)NCC1(c2cccc(F)c2)CCOCC1.I. The summed E-state index contributed by atoms with van der Waals surface area (Å²) in [7, 11) is 1.76. The summed E-state index contributed by atoms with van der Waals surface area (Å²) >= 11 is 0. The van der Waals surface area contributed by atoms with E-state index >= 15 is 0 Å². The van der Waals surface area contributed by atoms with Crippen LogP contribution in [0.25, 0.3) is 0 Å². The van der Waals surface area contributed by atoms with Gasteiger partial charge in [0.15, 0.2) is 5.96 Å².